The summed E-state index contributed by atoms with van der Waals surface area (Å²) in [5.41, 5.74) is 7.54. The van der Waals surface area contributed by atoms with Crippen LogP contribution in [0.25, 0.3) is 0 Å². The van der Waals surface area contributed by atoms with Gasteiger partial charge in [0.15, 0.2) is 0 Å². The van der Waals surface area contributed by atoms with Gasteiger partial charge in [-0.1, -0.05) is 19.9 Å². The fourth-order valence-electron chi connectivity index (χ4n) is 2.40. The number of hydrogen-bond donors (Lipinski definition) is 1. The van der Waals surface area contributed by atoms with Crippen molar-refractivity contribution in [1.82, 2.24) is 4.90 Å². The molecule has 22 heavy (non-hydrogen) atoms. The quantitative estimate of drug-likeness (QED) is 0.454. The predicted octanol–water partition coefficient (Wildman–Crippen LogP) is 3.47. The third kappa shape index (κ3) is 6.50. The third-order valence-electron chi connectivity index (χ3n) is 3.44. The normalized spacial score (nSPS) is 14.3. The molecule has 0 bridgehead atoms. The number of hydrogen-bond acceptors (Lipinski definition) is 4. The number of ether oxygens (including phenoxy) is 2. The molecule has 2 N–H and O–H groups in total. The number of nitrogens with two attached hydrogens (primary N) is 1. The van der Waals surface area contributed by atoms with Crippen LogP contribution in [0.3, 0.4) is 0 Å². The second-order valence-corrected chi connectivity index (χ2v) is 5.07. The number of rotatable bonds is 8. The van der Waals surface area contributed by atoms with Gasteiger partial charge >= 0.3 is 0 Å². The third-order valence-corrected chi connectivity index (χ3v) is 3.44. The highest BCUT2D eigenvalue weighted by Crippen LogP contribution is 2.22. The van der Waals surface area contributed by atoms with Crippen LogP contribution in [-0.4, -0.2) is 37.7 Å². The second kappa shape index (κ2) is 11.1. The number of benzene rings is 1. The summed E-state index contributed by atoms with van der Waals surface area (Å²) >= 11 is 0. The van der Waals surface area contributed by atoms with Crippen molar-refractivity contribution in [3.8, 4) is 5.75 Å². The van der Waals surface area contributed by atoms with Gasteiger partial charge in [0.25, 0.3) is 0 Å². The average molecular weight is 306 g/mol. The number of likely N-dealkylation sites (tertiary alicyclic amines) is 1. The predicted molar refractivity (Wildman–Crippen MR) is 93.2 cm³/mol. The molecule has 4 nitrogen and oxygen atoms in total. The van der Waals surface area contributed by atoms with E-state index in [1.807, 2.05) is 32.0 Å². The molecule has 0 aromatic heterocycles. The Morgan fingerprint density at radius 2 is 2.00 bits per heavy atom. The van der Waals surface area contributed by atoms with Gasteiger partial charge in [0.05, 0.1) is 13.2 Å². The molecule has 0 saturated carbocycles. The van der Waals surface area contributed by atoms with Crippen molar-refractivity contribution in [1.29, 1.82) is 0 Å². The molecule has 0 aliphatic carbocycles. The maximum Gasteiger partial charge on any atom is 0.125 e. The molecule has 0 unspecified atom stereocenters. The molecule has 1 aliphatic rings. The van der Waals surface area contributed by atoms with Crippen molar-refractivity contribution in [2.24, 2.45) is 0 Å². The molecule has 1 aromatic rings. The highest BCUT2D eigenvalue weighted by molar-refractivity contribution is 5.47. The Hall–Kier alpha value is -1.52. The van der Waals surface area contributed by atoms with Crippen molar-refractivity contribution in [3.05, 3.63) is 36.4 Å². The van der Waals surface area contributed by atoms with Gasteiger partial charge in [-0.3, -0.25) is 4.90 Å². The molecule has 2 rings (SSSR count). The van der Waals surface area contributed by atoms with Gasteiger partial charge in [-0.2, -0.15) is 0 Å². The fourth-order valence-corrected chi connectivity index (χ4v) is 2.40. The number of anilines is 1. The molecule has 1 heterocycles. The molecule has 1 fully saturated rings. The lowest BCUT2D eigenvalue weighted by Gasteiger charge is -2.17. The van der Waals surface area contributed by atoms with Gasteiger partial charge in [0.2, 0.25) is 0 Å². The van der Waals surface area contributed by atoms with E-state index in [0.717, 1.165) is 23.5 Å². The highest BCUT2D eigenvalue weighted by atomic mass is 16.5. The molecule has 1 aliphatic heterocycles. The van der Waals surface area contributed by atoms with E-state index in [1.165, 1.54) is 25.9 Å². The Morgan fingerprint density at radius 1 is 1.27 bits per heavy atom. The van der Waals surface area contributed by atoms with Crippen molar-refractivity contribution >= 4 is 5.69 Å². The lowest BCUT2D eigenvalue weighted by Crippen LogP contribution is -2.25. The molecule has 0 atom stereocenters. The van der Waals surface area contributed by atoms with Gasteiger partial charge in [-0.15, -0.1) is 6.58 Å². The minimum absolute atomic E-state index is 0.496. The minimum Gasteiger partial charge on any atom is -0.492 e. The maximum absolute atomic E-state index is 5.88. The molecule has 0 spiro atoms. The summed E-state index contributed by atoms with van der Waals surface area (Å²) < 4.78 is 11.4. The van der Waals surface area contributed by atoms with Gasteiger partial charge in [-0.05, 0) is 44.1 Å². The first-order valence-corrected chi connectivity index (χ1v) is 8.22. The summed E-state index contributed by atoms with van der Waals surface area (Å²) in [6.07, 6.45) is 4.35. The van der Waals surface area contributed by atoms with Crippen LogP contribution >= 0.6 is 0 Å². The topological polar surface area (TPSA) is 47.7 Å². The van der Waals surface area contributed by atoms with E-state index in [-0.39, 0.29) is 0 Å². The molecule has 1 saturated heterocycles. The fraction of sp³-hybridized carbons (Fsp3) is 0.556. The molecule has 1 aromatic carbocycles. The molecular weight excluding hydrogens is 276 g/mol. The van der Waals surface area contributed by atoms with Crippen molar-refractivity contribution in [3.63, 3.8) is 0 Å². The van der Waals surface area contributed by atoms with E-state index in [9.17, 15) is 0 Å². The Morgan fingerprint density at radius 3 is 2.68 bits per heavy atom. The number of nitrogens with zero attached hydrogens (tertiary/aromatic N) is 1. The van der Waals surface area contributed by atoms with Crippen molar-refractivity contribution in [2.75, 3.05) is 38.6 Å². The van der Waals surface area contributed by atoms with Crippen molar-refractivity contribution in [2.45, 2.75) is 33.3 Å². The molecular formula is C18H30N2O2. The zero-order chi connectivity index (χ0) is 16.2. The summed E-state index contributed by atoms with van der Waals surface area (Å²) in [6, 6.07) is 5.70. The summed E-state index contributed by atoms with van der Waals surface area (Å²) in [7, 11) is 0. The highest BCUT2D eigenvalue weighted by Gasteiger charge is 2.11. The monoisotopic (exact) mass is 306 g/mol. The lowest BCUT2D eigenvalue weighted by molar-refractivity contribution is 0.144. The minimum atomic E-state index is 0.496. The zero-order valence-corrected chi connectivity index (χ0v) is 14.0. The summed E-state index contributed by atoms with van der Waals surface area (Å²) in [4.78, 5) is 2.44. The Kier molecular flexibility index (Phi) is 9.35. The molecule has 0 radical (unpaired) electrons. The number of nitrogen functional groups attached to an aromatic ring is 1. The zero-order valence-electron chi connectivity index (χ0n) is 14.0. The summed E-state index contributed by atoms with van der Waals surface area (Å²) in [6.45, 7) is 12.7. The van der Waals surface area contributed by atoms with E-state index in [4.69, 9.17) is 15.2 Å². The first-order valence-electron chi connectivity index (χ1n) is 8.22. The van der Waals surface area contributed by atoms with Crippen LogP contribution in [0.1, 0.15) is 32.3 Å². The smallest absolute Gasteiger partial charge is 0.125 e. The van der Waals surface area contributed by atoms with Crippen LogP contribution in [0, 0.1) is 0 Å². The first-order chi connectivity index (χ1) is 10.8. The van der Waals surface area contributed by atoms with E-state index >= 15 is 0 Å². The van der Waals surface area contributed by atoms with E-state index in [1.54, 1.807) is 6.08 Å². The Balaban J connectivity index is 0.00000116. The van der Waals surface area contributed by atoms with Crippen LogP contribution < -0.4 is 10.5 Å². The van der Waals surface area contributed by atoms with E-state index in [0.29, 0.717) is 19.8 Å². The van der Waals surface area contributed by atoms with E-state index < -0.39 is 0 Å². The average Bonchev–Trinajstić information content (AvgIpc) is 3.05. The van der Waals surface area contributed by atoms with Crippen LogP contribution in [0.2, 0.25) is 0 Å². The van der Waals surface area contributed by atoms with Crippen LogP contribution in [0.15, 0.2) is 30.9 Å². The van der Waals surface area contributed by atoms with Gasteiger partial charge < -0.3 is 15.2 Å². The summed E-state index contributed by atoms with van der Waals surface area (Å²) in [5.74, 6) is 0.863. The first kappa shape index (κ1) is 18.5. The van der Waals surface area contributed by atoms with Crippen LogP contribution in [0.5, 0.6) is 5.75 Å². The van der Waals surface area contributed by atoms with Crippen LogP contribution in [0.4, 0.5) is 5.69 Å². The SMILES string of the molecule is C=CCOCc1cc(N)ccc1OCCN1CCCC1.CC. The second-order valence-electron chi connectivity index (χ2n) is 5.07. The standard InChI is InChI=1S/C16H24N2O2.C2H6/c1-2-10-19-13-14-12-15(17)5-6-16(14)20-11-9-18-7-3-4-8-18;1-2/h2,5-6,12H,1,3-4,7-11,13,17H2;1-2H3. The lowest BCUT2D eigenvalue weighted by atomic mass is 10.2. The Bertz CT molecular complexity index is 429. The van der Waals surface area contributed by atoms with Gasteiger partial charge in [0, 0.05) is 17.8 Å². The maximum atomic E-state index is 5.88. The molecule has 4 heteroatoms. The summed E-state index contributed by atoms with van der Waals surface area (Å²) in [5, 5.41) is 0. The van der Waals surface area contributed by atoms with E-state index in [2.05, 4.69) is 11.5 Å². The van der Waals surface area contributed by atoms with Gasteiger partial charge in [-0.25, -0.2) is 0 Å². The van der Waals surface area contributed by atoms with Gasteiger partial charge in [0.1, 0.15) is 12.4 Å². The molecule has 0 amide bonds. The largest absolute Gasteiger partial charge is 0.492 e. The Labute approximate surface area is 134 Å². The van der Waals surface area contributed by atoms with Crippen LogP contribution in [-0.2, 0) is 11.3 Å². The molecule has 124 valence electrons. The van der Waals surface area contributed by atoms with Crippen molar-refractivity contribution < 1.29 is 9.47 Å².